The summed E-state index contributed by atoms with van der Waals surface area (Å²) >= 11 is 0. The van der Waals surface area contributed by atoms with Crippen LogP contribution in [0.25, 0.3) is 0 Å². The van der Waals surface area contributed by atoms with E-state index in [4.69, 9.17) is 0 Å². The van der Waals surface area contributed by atoms with E-state index in [2.05, 4.69) is 9.64 Å². The number of benzene rings is 1. The van der Waals surface area contributed by atoms with Crippen LogP contribution in [0.4, 0.5) is 13.2 Å². The summed E-state index contributed by atoms with van der Waals surface area (Å²) in [5.41, 5.74) is 0.465. The number of rotatable bonds is 3. The Bertz CT molecular complexity index is 549. The van der Waals surface area contributed by atoms with Gasteiger partial charge in [-0.15, -0.1) is 13.2 Å². The van der Waals surface area contributed by atoms with Crippen molar-refractivity contribution >= 4 is 0 Å². The Morgan fingerprint density at radius 1 is 1.22 bits per heavy atom. The normalized spacial score (nSPS) is 29.1. The summed E-state index contributed by atoms with van der Waals surface area (Å²) < 4.78 is 41.7. The standard InChI is InChI=1S/C17H22F3NO2/c18-17(19,20)23-14-6-2-1-5-13(14)11-21-10-4-9-16(12-21)8-3-7-15(16)22/h1-2,5-6,15,22H,3-4,7-12H2/t15-,16+/m1/s1. The zero-order chi connectivity index (χ0) is 16.5. The van der Waals surface area contributed by atoms with E-state index in [1.54, 1.807) is 18.2 Å². The third kappa shape index (κ3) is 3.80. The number of ether oxygens (including phenoxy) is 1. The van der Waals surface area contributed by atoms with Gasteiger partial charge in [-0.2, -0.15) is 0 Å². The highest BCUT2D eigenvalue weighted by molar-refractivity contribution is 5.33. The van der Waals surface area contributed by atoms with Crippen LogP contribution in [0, 0.1) is 5.41 Å². The fraction of sp³-hybridized carbons (Fsp3) is 0.647. The molecule has 0 unspecified atom stereocenters. The lowest BCUT2D eigenvalue weighted by Crippen LogP contribution is -2.46. The molecule has 1 saturated carbocycles. The molecule has 0 amide bonds. The molecular formula is C17H22F3NO2. The molecule has 0 bridgehead atoms. The van der Waals surface area contributed by atoms with Gasteiger partial charge in [0.1, 0.15) is 5.75 Å². The molecule has 1 N–H and O–H groups in total. The Labute approximate surface area is 134 Å². The smallest absolute Gasteiger partial charge is 0.405 e. The summed E-state index contributed by atoms with van der Waals surface area (Å²) in [4.78, 5) is 2.15. The number of halogens is 3. The van der Waals surface area contributed by atoms with Gasteiger partial charge in [-0.3, -0.25) is 4.90 Å². The van der Waals surface area contributed by atoms with Gasteiger partial charge in [-0.05, 0) is 38.3 Å². The first-order chi connectivity index (χ1) is 10.9. The van der Waals surface area contributed by atoms with Gasteiger partial charge in [0.15, 0.2) is 0 Å². The SMILES string of the molecule is O[C@@H]1CCC[C@@]12CCCN(Cc1ccccc1OC(F)(F)F)C2. The molecule has 0 radical (unpaired) electrons. The first-order valence-electron chi connectivity index (χ1n) is 8.12. The fourth-order valence-corrected chi connectivity index (χ4v) is 4.09. The molecule has 2 aliphatic rings. The van der Waals surface area contributed by atoms with Crippen molar-refractivity contribution in [2.24, 2.45) is 5.41 Å². The molecule has 1 aliphatic heterocycles. The summed E-state index contributed by atoms with van der Waals surface area (Å²) in [6.45, 7) is 2.00. The molecule has 128 valence electrons. The highest BCUT2D eigenvalue weighted by Gasteiger charge is 2.44. The van der Waals surface area contributed by atoms with Gasteiger partial charge in [-0.25, -0.2) is 0 Å². The Kier molecular flexibility index (Phi) is 4.56. The summed E-state index contributed by atoms with van der Waals surface area (Å²) in [5.74, 6) is -0.133. The van der Waals surface area contributed by atoms with Gasteiger partial charge in [0.2, 0.25) is 0 Å². The fourth-order valence-electron chi connectivity index (χ4n) is 4.09. The van der Waals surface area contributed by atoms with E-state index in [9.17, 15) is 18.3 Å². The minimum atomic E-state index is -4.68. The lowest BCUT2D eigenvalue weighted by molar-refractivity contribution is -0.275. The molecule has 6 heteroatoms. The number of likely N-dealkylation sites (tertiary alicyclic amines) is 1. The number of para-hydroxylation sites is 1. The first kappa shape index (κ1) is 16.6. The molecule has 1 aromatic carbocycles. The second-order valence-electron chi connectivity index (χ2n) is 6.74. The summed E-state index contributed by atoms with van der Waals surface area (Å²) in [6.07, 6.45) is -0.117. The van der Waals surface area contributed by atoms with E-state index >= 15 is 0 Å². The molecule has 3 nitrogen and oxygen atoms in total. The van der Waals surface area contributed by atoms with Gasteiger partial charge in [-0.1, -0.05) is 24.6 Å². The van der Waals surface area contributed by atoms with Crippen molar-refractivity contribution < 1.29 is 23.0 Å². The van der Waals surface area contributed by atoms with Crippen LogP contribution in [0.1, 0.15) is 37.7 Å². The van der Waals surface area contributed by atoms with Crippen LogP contribution in [0.5, 0.6) is 5.75 Å². The first-order valence-corrected chi connectivity index (χ1v) is 8.12. The summed E-state index contributed by atoms with van der Waals surface area (Å²) in [6, 6.07) is 6.30. The van der Waals surface area contributed by atoms with Gasteiger partial charge >= 0.3 is 6.36 Å². The predicted molar refractivity (Wildman–Crippen MR) is 79.9 cm³/mol. The number of hydrogen-bond donors (Lipinski definition) is 1. The van der Waals surface area contributed by atoms with Crippen LogP contribution in [-0.4, -0.2) is 35.6 Å². The van der Waals surface area contributed by atoms with Crippen LogP contribution in [-0.2, 0) is 6.54 Å². The van der Waals surface area contributed by atoms with Crippen LogP contribution in [0.3, 0.4) is 0 Å². The molecule has 2 atom stereocenters. The Morgan fingerprint density at radius 3 is 2.65 bits per heavy atom. The van der Waals surface area contributed by atoms with Crippen molar-refractivity contribution in [1.82, 2.24) is 4.90 Å². The summed E-state index contributed by atoms with van der Waals surface area (Å²) in [5, 5.41) is 10.3. The lowest BCUT2D eigenvalue weighted by Gasteiger charge is -2.42. The molecule has 0 aromatic heterocycles. The number of aliphatic hydroxyl groups is 1. The molecular weight excluding hydrogens is 307 g/mol. The Hall–Kier alpha value is -1.27. The monoisotopic (exact) mass is 329 g/mol. The average molecular weight is 329 g/mol. The summed E-state index contributed by atoms with van der Waals surface area (Å²) in [7, 11) is 0. The highest BCUT2D eigenvalue weighted by Crippen LogP contribution is 2.45. The molecule has 1 spiro atoms. The van der Waals surface area contributed by atoms with Crippen LogP contribution >= 0.6 is 0 Å². The molecule has 1 aromatic rings. The van der Waals surface area contributed by atoms with E-state index in [1.807, 2.05) is 0 Å². The van der Waals surface area contributed by atoms with Crippen molar-refractivity contribution in [3.63, 3.8) is 0 Å². The van der Waals surface area contributed by atoms with Gasteiger partial charge < -0.3 is 9.84 Å². The van der Waals surface area contributed by atoms with E-state index in [-0.39, 0.29) is 17.3 Å². The van der Waals surface area contributed by atoms with E-state index < -0.39 is 6.36 Å². The van der Waals surface area contributed by atoms with E-state index in [0.717, 1.165) is 45.2 Å². The number of aliphatic hydroxyl groups excluding tert-OH is 1. The third-order valence-electron chi connectivity index (χ3n) is 5.14. The Morgan fingerprint density at radius 2 is 1.96 bits per heavy atom. The minimum absolute atomic E-state index is 0.0714. The molecule has 2 fully saturated rings. The van der Waals surface area contributed by atoms with E-state index in [1.165, 1.54) is 6.07 Å². The van der Waals surface area contributed by atoms with Gasteiger partial charge in [0, 0.05) is 24.1 Å². The van der Waals surface area contributed by atoms with Gasteiger partial charge in [0.25, 0.3) is 0 Å². The number of piperidine rings is 1. The zero-order valence-electron chi connectivity index (χ0n) is 13.0. The van der Waals surface area contributed by atoms with Crippen molar-refractivity contribution in [1.29, 1.82) is 0 Å². The maximum absolute atomic E-state index is 12.5. The quantitative estimate of drug-likeness (QED) is 0.917. The van der Waals surface area contributed by atoms with Crippen molar-refractivity contribution in [2.45, 2.75) is 51.1 Å². The largest absolute Gasteiger partial charge is 0.573 e. The Balaban J connectivity index is 1.72. The zero-order valence-corrected chi connectivity index (χ0v) is 13.0. The van der Waals surface area contributed by atoms with Crippen LogP contribution < -0.4 is 4.74 Å². The van der Waals surface area contributed by atoms with Crippen LogP contribution in [0.15, 0.2) is 24.3 Å². The number of hydrogen-bond acceptors (Lipinski definition) is 3. The van der Waals surface area contributed by atoms with Crippen molar-refractivity contribution in [2.75, 3.05) is 13.1 Å². The average Bonchev–Trinajstić information content (AvgIpc) is 2.80. The lowest BCUT2D eigenvalue weighted by atomic mass is 9.76. The van der Waals surface area contributed by atoms with Gasteiger partial charge in [0.05, 0.1) is 6.10 Å². The molecule has 3 rings (SSSR count). The van der Waals surface area contributed by atoms with Crippen molar-refractivity contribution in [3.8, 4) is 5.75 Å². The predicted octanol–water partition coefficient (Wildman–Crippen LogP) is 3.71. The van der Waals surface area contributed by atoms with Crippen LogP contribution in [0.2, 0.25) is 0 Å². The maximum Gasteiger partial charge on any atom is 0.573 e. The highest BCUT2D eigenvalue weighted by atomic mass is 19.4. The van der Waals surface area contributed by atoms with Crippen molar-refractivity contribution in [3.05, 3.63) is 29.8 Å². The molecule has 1 saturated heterocycles. The third-order valence-corrected chi connectivity index (χ3v) is 5.14. The topological polar surface area (TPSA) is 32.7 Å². The number of nitrogens with zero attached hydrogens (tertiary/aromatic N) is 1. The molecule has 1 aliphatic carbocycles. The maximum atomic E-state index is 12.5. The number of alkyl halides is 3. The second-order valence-corrected chi connectivity index (χ2v) is 6.74. The second kappa shape index (κ2) is 6.32. The minimum Gasteiger partial charge on any atom is -0.405 e. The van der Waals surface area contributed by atoms with E-state index in [0.29, 0.717) is 12.1 Å². The molecule has 23 heavy (non-hydrogen) atoms. The molecule has 1 heterocycles.